The lowest BCUT2D eigenvalue weighted by Gasteiger charge is -2.25. The lowest BCUT2D eigenvalue weighted by atomic mass is 9.98. The molecule has 2 N–H and O–H groups in total. The molecule has 1 atom stereocenters. The minimum absolute atomic E-state index is 0.0451. The van der Waals surface area contributed by atoms with E-state index in [-0.39, 0.29) is 11.9 Å². The van der Waals surface area contributed by atoms with Crippen molar-refractivity contribution in [3.63, 3.8) is 0 Å². The van der Waals surface area contributed by atoms with Gasteiger partial charge in [0, 0.05) is 40.8 Å². The van der Waals surface area contributed by atoms with E-state index in [1.807, 2.05) is 55.1 Å². The van der Waals surface area contributed by atoms with Crippen LogP contribution in [0.1, 0.15) is 31.0 Å². The SMILES string of the molecule is CC1=CC(c2ccc(-c3ccc(C4CNC4)nn3)c(O)c2)=N[N+]2=CC(C)=NC12. The van der Waals surface area contributed by atoms with Crippen molar-refractivity contribution in [2.45, 2.75) is 25.9 Å². The smallest absolute Gasteiger partial charge is 0.299 e. The van der Waals surface area contributed by atoms with E-state index in [2.05, 4.69) is 25.6 Å². The molecule has 3 aliphatic heterocycles. The molecule has 1 saturated heterocycles. The van der Waals surface area contributed by atoms with E-state index < -0.39 is 0 Å². The predicted molar refractivity (Wildman–Crippen MR) is 108 cm³/mol. The Morgan fingerprint density at radius 1 is 1.11 bits per heavy atom. The highest BCUT2D eigenvalue weighted by Crippen LogP contribution is 2.30. The van der Waals surface area contributed by atoms with Gasteiger partial charge in [0.1, 0.15) is 17.2 Å². The molecule has 0 bridgehead atoms. The summed E-state index contributed by atoms with van der Waals surface area (Å²) in [6, 6.07) is 9.46. The first-order valence-corrected chi connectivity index (χ1v) is 9.41. The number of nitrogens with zero attached hydrogens (tertiary/aromatic N) is 5. The zero-order valence-electron chi connectivity index (χ0n) is 15.8. The second-order valence-corrected chi connectivity index (χ2v) is 7.46. The topological polar surface area (TPSA) is 85.8 Å². The van der Waals surface area contributed by atoms with Crippen LogP contribution in [0, 0.1) is 0 Å². The molecular weight excluding hydrogens is 352 g/mol. The standard InChI is InChI=1S/C21H20N6O/c1-12-7-19(26-27-11-13(2)23-21(12)27)14-3-4-16(20(28)8-14)18-6-5-17(24-25-18)15-9-22-10-15/h3-8,11,15,21-22H,9-10H2,1-2H3/p+1. The van der Waals surface area contributed by atoms with Gasteiger partial charge in [-0.15, -0.1) is 0 Å². The number of rotatable bonds is 3. The van der Waals surface area contributed by atoms with Gasteiger partial charge in [0.25, 0.3) is 6.17 Å². The zero-order chi connectivity index (χ0) is 19.3. The third-order valence-electron chi connectivity index (χ3n) is 5.34. The van der Waals surface area contributed by atoms with Crippen LogP contribution in [0.2, 0.25) is 0 Å². The monoisotopic (exact) mass is 373 g/mol. The first-order valence-electron chi connectivity index (χ1n) is 9.41. The van der Waals surface area contributed by atoms with Crippen LogP contribution in [-0.4, -0.2) is 56.9 Å². The predicted octanol–water partition coefficient (Wildman–Crippen LogP) is 2.08. The molecule has 1 aromatic carbocycles. The molecule has 5 rings (SSSR count). The number of phenols is 1. The highest BCUT2D eigenvalue weighted by atomic mass is 16.3. The van der Waals surface area contributed by atoms with Crippen molar-refractivity contribution in [2.24, 2.45) is 10.1 Å². The van der Waals surface area contributed by atoms with Gasteiger partial charge in [0.15, 0.2) is 0 Å². The van der Waals surface area contributed by atoms with Crippen LogP contribution in [0.4, 0.5) is 0 Å². The lowest BCUT2D eigenvalue weighted by molar-refractivity contribution is -0.552. The fourth-order valence-corrected chi connectivity index (χ4v) is 3.64. The molecule has 0 amide bonds. The summed E-state index contributed by atoms with van der Waals surface area (Å²) in [4.78, 5) is 4.56. The number of hydrazone groups is 1. The van der Waals surface area contributed by atoms with Gasteiger partial charge in [-0.05, 0) is 44.2 Å². The Hall–Kier alpha value is -3.19. The first-order chi connectivity index (χ1) is 13.6. The molecule has 0 radical (unpaired) electrons. The van der Waals surface area contributed by atoms with Gasteiger partial charge in [-0.1, -0.05) is 10.8 Å². The van der Waals surface area contributed by atoms with E-state index in [0.717, 1.165) is 41.3 Å². The van der Waals surface area contributed by atoms with Crippen LogP contribution in [0.3, 0.4) is 0 Å². The van der Waals surface area contributed by atoms with E-state index in [9.17, 15) is 5.11 Å². The largest absolute Gasteiger partial charge is 0.507 e. The van der Waals surface area contributed by atoms with Gasteiger partial charge >= 0.3 is 0 Å². The van der Waals surface area contributed by atoms with Crippen molar-refractivity contribution in [1.29, 1.82) is 0 Å². The Morgan fingerprint density at radius 2 is 1.96 bits per heavy atom. The van der Waals surface area contributed by atoms with Gasteiger partial charge in [-0.2, -0.15) is 10.2 Å². The molecule has 28 heavy (non-hydrogen) atoms. The molecule has 7 heteroatoms. The van der Waals surface area contributed by atoms with Crippen molar-refractivity contribution < 1.29 is 9.79 Å². The van der Waals surface area contributed by atoms with Crippen LogP contribution in [-0.2, 0) is 0 Å². The summed E-state index contributed by atoms with van der Waals surface area (Å²) in [5.41, 5.74) is 6.04. The molecule has 7 nitrogen and oxygen atoms in total. The molecule has 4 heterocycles. The number of benzene rings is 1. The number of hydrogen-bond acceptors (Lipinski definition) is 6. The van der Waals surface area contributed by atoms with Crippen molar-refractivity contribution in [2.75, 3.05) is 13.1 Å². The molecule has 2 aromatic rings. The van der Waals surface area contributed by atoms with Crippen molar-refractivity contribution >= 4 is 17.6 Å². The van der Waals surface area contributed by atoms with Crippen molar-refractivity contribution in [3.8, 4) is 17.0 Å². The number of fused-ring (bicyclic) bond motifs is 1. The molecule has 1 aromatic heterocycles. The Bertz CT molecular complexity index is 1080. The zero-order valence-corrected chi connectivity index (χ0v) is 15.8. The van der Waals surface area contributed by atoms with Crippen molar-refractivity contribution in [1.82, 2.24) is 15.5 Å². The maximum absolute atomic E-state index is 10.6. The summed E-state index contributed by atoms with van der Waals surface area (Å²) >= 11 is 0. The number of phenolic OH excluding ortho intramolecular Hbond substituents is 1. The van der Waals surface area contributed by atoms with Crippen LogP contribution >= 0.6 is 0 Å². The van der Waals surface area contributed by atoms with E-state index in [4.69, 9.17) is 0 Å². The first kappa shape index (κ1) is 16.9. The quantitative estimate of drug-likeness (QED) is 0.807. The normalized spacial score (nSPS) is 21.3. The van der Waals surface area contributed by atoms with E-state index in [1.165, 1.54) is 0 Å². The summed E-state index contributed by atoms with van der Waals surface area (Å²) in [5.74, 6) is 0.606. The number of hydrogen-bond donors (Lipinski definition) is 2. The molecule has 3 aliphatic rings. The van der Waals surface area contributed by atoms with E-state index in [1.54, 1.807) is 6.07 Å². The van der Waals surface area contributed by atoms with Gasteiger partial charge in [-0.25, -0.2) is 4.99 Å². The number of aromatic nitrogens is 2. The number of aliphatic imine (C=N–C) groups is 1. The third kappa shape index (κ3) is 2.84. The average molecular weight is 373 g/mol. The second kappa shape index (κ2) is 6.45. The second-order valence-electron chi connectivity index (χ2n) is 7.46. The highest BCUT2D eigenvalue weighted by Gasteiger charge is 2.32. The molecule has 0 aliphatic carbocycles. The maximum atomic E-state index is 10.6. The van der Waals surface area contributed by atoms with Crippen LogP contribution in [0.5, 0.6) is 5.75 Å². The molecule has 1 fully saturated rings. The van der Waals surface area contributed by atoms with Gasteiger partial charge in [0.05, 0.1) is 11.4 Å². The van der Waals surface area contributed by atoms with E-state index >= 15 is 0 Å². The highest BCUT2D eigenvalue weighted by molar-refractivity contribution is 6.28. The van der Waals surface area contributed by atoms with Crippen LogP contribution in [0.15, 0.2) is 52.1 Å². The molecule has 0 saturated carbocycles. The van der Waals surface area contributed by atoms with Crippen molar-refractivity contribution in [3.05, 3.63) is 53.2 Å². The average Bonchev–Trinajstić information content (AvgIpc) is 3.02. The van der Waals surface area contributed by atoms with E-state index in [0.29, 0.717) is 17.2 Å². The molecule has 1 unspecified atom stereocenters. The van der Waals surface area contributed by atoms with Crippen LogP contribution in [0.25, 0.3) is 11.3 Å². The fraction of sp³-hybridized carbons (Fsp3) is 0.286. The Labute approximate surface area is 162 Å². The number of aromatic hydroxyl groups is 1. The Balaban J connectivity index is 1.44. The summed E-state index contributed by atoms with van der Waals surface area (Å²) < 4.78 is 1.87. The molecular formula is C21H21N6O+. The summed E-state index contributed by atoms with van der Waals surface area (Å²) in [6.45, 7) is 5.91. The Kier molecular flexibility index (Phi) is 3.91. The molecule has 0 spiro atoms. The van der Waals surface area contributed by atoms with Crippen LogP contribution < -0.4 is 5.32 Å². The third-order valence-corrected chi connectivity index (χ3v) is 5.34. The van der Waals surface area contributed by atoms with Gasteiger partial charge < -0.3 is 10.4 Å². The van der Waals surface area contributed by atoms with Gasteiger partial charge in [-0.3, -0.25) is 0 Å². The molecule has 140 valence electrons. The fourth-order valence-electron chi connectivity index (χ4n) is 3.64. The summed E-state index contributed by atoms with van der Waals surface area (Å²) in [5, 5.41) is 27.1. The summed E-state index contributed by atoms with van der Waals surface area (Å²) in [6.07, 6.45) is 3.91. The maximum Gasteiger partial charge on any atom is 0.299 e. The number of allylic oxidation sites excluding steroid dienone is 1. The lowest BCUT2D eigenvalue weighted by Crippen LogP contribution is -2.40. The minimum atomic E-state index is -0.0451. The Morgan fingerprint density at radius 3 is 2.64 bits per heavy atom. The van der Waals surface area contributed by atoms with Gasteiger partial charge in [0.2, 0.25) is 6.21 Å². The summed E-state index contributed by atoms with van der Waals surface area (Å²) in [7, 11) is 0. The minimum Gasteiger partial charge on any atom is -0.507 e. The number of nitrogens with one attached hydrogen (secondary N) is 1.